The van der Waals surface area contributed by atoms with Gasteiger partial charge in [-0.15, -0.1) is 6.58 Å². The zero-order valence-corrected chi connectivity index (χ0v) is 28.7. The first-order chi connectivity index (χ1) is 22.2. The van der Waals surface area contributed by atoms with Crippen LogP contribution >= 0.6 is 0 Å². The lowest BCUT2D eigenvalue weighted by atomic mass is 9.85. The van der Waals surface area contributed by atoms with Crippen LogP contribution in [0, 0.1) is 17.2 Å². The van der Waals surface area contributed by atoms with Crippen molar-refractivity contribution in [1.82, 2.24) is 20.3 Å². The molecular formula is C32H44FN5O9S. The summed E-state index contributed by atoms with van der Waals surface area (Å²) >= 11 is 0. The Morgan fingerprint density at radius 1 is 1.06 bits per heavy atom. The quantitative estimate of drug-likeness (QED) is 0.267. The van der Waals surface area contributed by atoms with Gasteiger partial charge in [-0.1, -0.05) is 39.0 Å². The lowest BCUT2D eigenvalue weighted by molar-refractivity contribution is -0.143. The van der Waals surface area contributed by atoms with Gasteiger partial charge in [0.25, 0.3) is 5.91 Å². The number of ether oxygens (including phenoxy) is 2. The number of halogens is 1. The molecule has 1 aromatic rings. The van der Waals surface area contributed by atoms with Gasteiger partial charge in [0.1, 0.15) is 35.1 Å². The molecule has 5 unspecified atom stereocenters. The average Bonchev–Trinajstić information content (AvgIpc) is 3.88. The van der Waals surface area contributed by atoms with Crippen molar-refractivity contribution < 1.29 is 46.3 Å². The van der Waals surface area contributed by atoms with E-state index in [-0.39, 0.29) is 25.1 Å². The summed E-state index contributed by atoms with van der Waals surface area (Å²) in [5.41, 5.74) is -3.53. The van der Waals surface area contributed by atoms with E-state index in [9.17, 15) is 36.8 Å². The van der Waals surface area contributed by atoms with E-state index in [1.165, 1.54) is 24.3 Å². The fourth-order valence-electron chi connectivity index (χ4n) is 5.49. The Bertz CT molecular complexity index is 1580. The molecule has 264 valence electrons. The van der Waals surface area contributed by atoms with Gasteiger partial charge in [0.2, 0.25) is 21.8 Å². The molecule has 5 atom stereocenters. The van der Waals surface area contributed by atoms with Crippen LogP contribution < -0.4 is 20.7 Å². The highest BCUT2D eigenvalue weighted by Gasteiger charge is 2.62. The second kappa shape index (κ2) is 13.4. The zero-order chi connectivity index (χ0) is 35.8. The predicted octanol–water partition coefficient (Wildman–Crippen LogP) is 2.95. The Morgan fingerprint density at radius 2 is 1.71 bits per heavy atom. The number of anilines is 1. The molecule has 0 spiro atoms. The van der Waals surface area contributed by atoms with Gasteiger partial charge in [0.05, 0.1) is 17.5 Å². The molecule has 1 saturated heterocycles. The molecule has 0 bridgehead atoms. The molecule has 0 radical (unpaired) electrons. The molecule has 4 N–H and O–H groups in total. The van der Waals surface area contributed by atoms with Crippen molar-refractivity contribution in [3.05, 3.63) is 42.7 Å². The summed E-state index contributed by atoms with van der Waals surface area (Å²) in [5, 5.41) is 6.86. The van der Waals surface area contributed by atoms with E-state index in [1.54, 1.807) is 41.5 Å². The molecule has 14 nitrogen and oxygen atoms in total. The number of likely N-dealkylation sites (tertiary alicyclic amines) is 1. The van der Waals surface area contributed by atoms with Crippen molar-refractivity contribution in [1.29, 1.82) is 0 Å². The fourth-order valence-corrected chi connectivity index (χ4v) is 6.85. The Morgan fingerprint density at radius 3 is 2.25 bits per heavy atom. The minimum atomic E-state index is -3.94. The van der Waals surface area contributed by atoms with Crippen molar-refractivity contribution in [3.63, 3.8) is 0 Å². The summed E-state index contributed by atoms with van der Waals surface area (Å²) < 4.78 is 52.2. The van der Waals surface area contributed by atoms with Gasteiger partial charge in [0.15, 0.2) is 0 Å². The molecule has 2 saturated carbocycles. The highest BCUT2D eigenvalue weighted by molar-refractivity contribution is 7.91. The first-order valence-electron chi connectivity index (χ1n) is 15.7. The standard InChI is InChI=1S/C32H44FN5O9S/c1-8-18-16-32(18,27(41)37-48(44,45)20-13-14-20)36-25(39)23-15-19(46-28(42)34-22-12-10-9-11-21(22)33)17-38(23)26(40)24(30(2,3)4)35-29(43)47-31(5,6)7/h8-12,18-20,23-24H,1,13-17H2,2-7H3,(H,34,42)(H,35,43)(H,36,39)(H,37,41). The molecular weight excluding hydrogens is 649 g/mol. The maximum absolute atomic E-state index is 14.2. The van der Waals surface area contributed by atoms with Crippen LogP contribution in [0.15, 0.2) is 36.9 Å². The van der Waals surface area contributed by atoms with E-state index in [2.05, 4.69) is 27.3 Å². The van der Waals surface area contributed by atoms with Gasteiger partial charge in [-0.05, 0) is 57.6 Å². The van der Waals surface area contributed by atoms with Gasteiger partial charge in [-0.25, -0.2) is 22.4 Å². The summed E-state index contributed by atoms with van der Waals surface area (Å²) in [6, 6.07) is 2.90. The van der Waals surface area contributed by atoms with Gasteiger partial charge in [-0.3, -0.25) is 24.4 Å². The van der Waals surface area contributed by atoms with Crippen molar-refractivity contribution in [2.24, 2.45) is 11.3 Å². The molecule has 3 aliphatic rings. The van der Waals surface area contributed by atoms with E-state index in [0.717, 1.165) is 11.0 Å². The van der Waals surface area contributed by atoms with Gasteiger partial charge >= 0.3 is 12.2 Å². The Kier molecular flexibility index (Phi) is 10.2. The van der Waals surface area contributed by atoms with E-state index in [0.29, 0.717) is 12.8 Å². The van der Waals surface area contributed by atoms with E-state index in [1.807, 2.05) is 0 Å². The summed E-state index contributed by atoms with van der Waals surface area (Å²) in [5.74, 6) is -3.71. The van der Waals surface area contributed by atoms with E-state index < -0.39 is 91.7 Å². The number of hydrogen-bond donors (Lipinski definition) is 4. The number of hydrogen-bond acceptors (Lipinski definition) is 9. The molecule has 1 aromatic carbocycles. The first kappa shape index (κ1) is 36.6. The van der Waals surface area contributed by atoms with Crippen LogP contribution in [0.5, 0.6) is 0 Å². The highest BCUT2D eigenvalue weighted by atomic mass is 32.2. The number of alkyl carbamates (subject to hydrolysis) is 1. The number of nitrogens with one attached hydrogen (secondary N) is 4. The molecule has 0 aromatic heterocycles. The maximum Gasteiger partial charge on any atom is 0.412 e. The molecule has 1 aliphatic heterocycles. The summed E-state index contributed by atoms with van der Waals surface area (Å²) in [7, 11) is -3.94. The van der Waals surface area contributed by atoms with Crippen molar-refractivity contribution in [2.45, 2.75) is 102 Å². The number of rotatable bonds is 10. The number of benzene rings is 1. The third-order valence-corrected chi connectivity index (χ3v) is 10.1. The number of carbonyl (C=O) groups excluding carboxylic acids is 5. The van der Waals surface area contributed by atoms with Gasteiger partial charge in [-0.2, -0.15) is 0 Å². The monoisotopic (exact) mass is 693 g/mol. The summed E-state index contributed by atoms with van der Waals surface area (Å²) in [4.78, 5) is 68.1. The summed E-state index contributed by atoms with van der Waals surface area (Å²) in [6.07, 6.45) is -0.838. The molecule has 48 heavy (non-hydrogen) atoms. The normalized spacial score (nSPS) is 24.5. The lowest BCUT2D eigenvalue weighted by Crippen LogP contribution is -2.60. The number of carbonyl (C=O) groups is 5. The van der Waals surface area contributed by atoms with Gasteiger partial charge < -0.3 is 25.0 Å². The SMILES string of the molecule is C=CC1CC1(NC(=O)C1CC(OC(=O)Nc2ccccc2F)CN1C(=O)C(NC(=O)OC(C)(C)C)C(C)(C)C)C(=O)NS(=O)(=O)C1CC1. The molecule has 2 aliphatic carbocycles. The molecule has 3 fully saturated rings. The number of amides is 5. The molecule has 1 heterocycles. The minimum Gasteiger partial charge on any atom is -0.444 e. The highest BCUT2D eigenvalue weighted by Crippen LogP contribution is 2.45. The maximum atomic E-state index is 14.2. The van der Waals surface area contributed by atoms with Crippen molar-refractivity contribution in [3.8, 4) is 0 Å². The van der Waals surface area contributed by atoms with E-state index in [4.69, 9.17) is 9.47 Å². The second-order valence-electron chi connectivity index (χ2n) is 14.5. The van der Waals surface area contributed by atoms with Crippen molar-refractivity contribution in [2.75, 3.05) is 11.9 Å². The van der Waals surface area contributed by atoms with E-state index >= 15 is 0 Å². The third-order valence-electron chi connectivity index (χ3n) is 8.26. The number of nitrogens with zero attached hydrogens (tertiary/aromatic N) is 1. The molecule has 5 amide bonds. The summed E-state index contributed by atoms with van der Waals surface area (Å²) in [6.45, 7) is 13.5. The minimum absolute atomic E-state index is 0.0741. The van der Waals surface area contributed by atoms with Gasteiger partial charge in [0, 0.05) is 12.3 Å². The average molecular weight is 694 g/mol. The number of sulfonamides is 1. The van der Waals surface area contributed by atoms with Crippen LogP contribution in [-0.2, 0) is 33.9 Å². The topological polar surface area (TPSA) is 189 Å². The third kappa shape index (κ3) is 8.62. The lowest BCUT2D eigenvalue weighted by Gasteiger charge is -2.36. The van der Waals surface area contributed by atoms with Crippen LogP contribution in [0.1, 0.15) is 67.2 Å². The predicted molar refractivity (Wildman–Crippen MR) is 172 cm³/mol. The molecule has 4 rings (SSSR count). The smallest absolute Gasteiger partial charge is 0.412 e. The largest absolute Gasteiger partial charge is 0.444 e. The van der Waals surface area contributed by atoms with Crippen LogP contribution in [0.3, 0.4) is 0 Å². The van der Waals surface area contributed by atoms with Crippen molar-refractivity contribution >= 4 is 45.6 Å². The number of para-hydroxylation sites is 1. The first-order valence-corrected chi connectivity index (χ1v) is 17.2. The van der Waals surface area contributed by atoms with Crippen LogP contribution in [-0.4, -0.2) is 84.3 Å². The molecule has 16 heteroatoms. The fraction of sp³-hybridized carbons (Fsp3) is 0.594. The Balaban J connectivity index is 1.59. The van der Waals surface area contributed by atoms with Crippen LogP contribution in [0.2, 0.25) is 0 Å². The Labute approximate surface area is 279 Å². The second-order valence-corrected chi connectivity index (χ2v) is 16.5. The zero-order valence-electron chi connectivity index (χ0n) is 27.9. The van der Waals surface area contributed by atoms with Crippen LogP contribution in [0.25, 0.3) is 0 Å². The van der Waals surface area contributed by atoms with Crippen LogP contribution in [0.4, 0.5) is 19.7 Å². The Hall–Kier alpha value is -4.21.